The SMILES string of the molecule is CC(C)N(Cc1ccccc1N)c1nccc2sccc12. The van der Waals surface area contributed by atoms with Gasteiger partial charge in [-0.1, -0.05) is 18.2 Å². The summed E-state index contributed by atoms with van der Waals surface area (Å²) in [5.41, 5.74) is 8.07. The van der Waals surface area contributed by atoms with Crippen LogP contribution < -0.4 is 10.6 Å². The monoisotopic (exact) mass is 297 g/mol. The Labute approximate surface area is 129 Å². The van der Waals surface area contributed by atoms with Gasteiger partial charge in [0.2, 0.25) is 0 Å². The molecular formula is C17H19N3S. The summed E-state index contributed by atoms with van der Waals surface area (Å²) in [6, 6.07) is 12.6. The van der Waals surface area contributed by atoms with Crippen molar-refractivity contribution in [1.82, 2.24) is 4.98 Å². The standard InChI is InChI=1S/C17H19N3S/c1-12(2)20(11-13-5-3-4-6-15(13)18)17-14-8-10-21-16(14)7-9-19-17/h3-10,12H,11,18H2,1-2H3. The maximum absolute atomic E-state index is 6.09. The molecule has 4 heteroatoms. The molecule has 0 aliphatic rings. The summed E-state index contributed by atoms with van der Waals surface area (Å²) in [5, 5.41) is 3.33. The molecule has 0 amide bonds. The highest BCUT2D eigenvalue weighted by molar-refractivity contribution is 7.17. The van der Waals surface area contributed by atoms with Crippen molar-refractivity contribution < 1.29 is 0 Å². The van der Waals surface area contributed by atoms with E-state index in [1.54, 1.807) is 11.3 Å². The molecule has 2 N–H and O–H groups in total. The number of benzene rings is 1. The average molecular weight is 297 g/mol. The topological polar surface area (TPSA) is 42.1 Å². The highest BCUT2D eigenvalue weighted by Gasteiger charge is 2.16. The minimum Gasteiger partial charge on any atom is -0.398 e. The molecular weight excluding hydrogens is 278 g/mol. The first-order valence-corrected chi connectivity index (χ1v) is 7.97. The molecule has 108 valence electrons. The Kier molecular flexibility index (Phi) is 3.80. The molecule has 2 aromatic heterocycles. The van der Waals surface area contributed by atoms with E-state index in [2.05, 4.69) is 47.3 Å². The molecule has 0 bridgehead atoms. The quantitative estimate of drug-likeness (QED) is 0.730. The van der Waals surface area contributed by atoms with Crippen LogP contribution in [0.2, 0.25) is 0 Å². The van der Waals surface area contributed by atoms with E-state index >= 15 is 0 Å². The molecule has 0 unspecified atom stereocenters. The number of nitrogens with two attached hydrogens (primary N) is 1. The van der Waals surface area contributed by atoms with E-state index in [9.17, 15) is 0 Å². The average Bonchev–Trinajstić information content (AvgIpc) is 2.94. The number of thiophene rings is 1. The number of hydrogen-bond donors (Lipinski definition) is 1. The molecule has 0 aliphatic heterocycles. The van der Waals surface area contributed by atoms with E-state index < -0.39 is 0 Å². The van der Waals surface area contributed by atoms with E-state index in [1.807, 2.05) is 24.4 Å². The lowest BCUT2D eigenvalue weighted by Crippen LogP contribution is -2.31. The van der Waals surface area contributed by atoms with Crippen molar-refractivity contribution in [3.8, 4) is 0 Å². The second-order valence-corrected chi connectivity index (χ2v) is 6.34. The van der Waals surface area contributed by atoms with Gasteiger partial charge in [-0.15, -0.1) is 11.3 Å². The summed E-state index contributed by atoms with van der Waals surface area (Å²) < 4.78 is 1.27. The number of para-hydroxylation sites is 1. The number of nitrogen functional groups attached to an aromatic ring is 1. The molecule has 0 saturated carbocycles. The Morgan fingerprint density at radius 1 is 1.19 bits per heavy atom. The molecule has 0 fully saturated rings. The largest absolute Gasteiger partial charge is 0.398 e. The Hall–Kier alpha value is -2.07. The number of fused-ring (bicyclic) bond motifs is 1. The van der Waals surface area contributed by atoms with E-state index in [0.29, 0.717) is 6.04 Å². The first kappa shape index (κ1) is 13.9. The van der Waals surface area contributed by atoms with Gasteiger partial charge in [-0.2, -0.15) is 0 Å². The van der Waals surface area contributed by atoms with Gasteiger partial charge in [0.15, 0.2) is 0 Å². The normalized spacial score (nSPS) is 11.2. The van der Waals surface area contributed by atoms with Crippen LogP contribution in [0.1, 0.15) is 19.4 Å². The lowest BCUT2D eigenvalue weighted by Gasteiger charge is -2.29. The molecule has 0 aliphatic carbocycles. The van der Waals surface area contributed by atoms with Crippen LogP contribution in [0.5, 0.6) is 0 Å². The van der Waals surface area contributed by atoms with Gasteiger partial charge in [0.05, 0.1) is 0 Å². The van der Waals surface area contributed by atoms with Crippen LogP contribution in [-0.2, 0) is 6.54 Å². The molecule has 0 saturated heterocycles. The lowest BCUT2D eigenvalue weighted by molar-refractivity contribution is 0.676. The maximum Gasteiger partial charge on any atom is 0.137 e. The molecule has 0 radical (unpaired) electrons. The van der Waals surface area contributed by atoms with E-state index in [0.717, 1.165) is 23.6 Å². The molecule has 21 heavy (non-hydrogen) atoms. The number of nitrogens with zero attached hydrogens (tertiary/aromatic N) is 2. The van der Waals surface area contributed by atoms with Crippen molar-refractivity contribution >= 4 is 32.9 Å². The van der Waals surface area contributed by atoms with Gasteiger partial charge < -0.3 is 10.6 Å². The van der Waals surface area contributed by atoms with Crippen molar-refractivity contribution in [2.24, 2.45) is 0 Å². The highest BCUT2D eigenvalue weighted by Crippen LogP contribution is 2.31. The smallest absolute Gasteiger partial charge is 0.137 e. The van der Waals surface area contributed by atoms with Crippen molar-refractivity contribution in [1.29, 1.82) is 0 Å². The summed E-state index contributed by atoms with van der Waals surface area (Å²) in [6.45, 7) is 5.14. The fraction of sp³-hybridized carbons (Fsp3) is 0.235. The van der Waals surface area contributed by atoms with E-state index in [4.69, 9.17) is 5.73 Å². The highest BCUT2D eigenvalue weighted by atomic mass is 32.1. The zero-order chi connectivity index (χ0) is 14.8. The number of rotatable bonds is 4. The summed E-state index contributed by atoms with van der Waals surface area (Å²) >= 11 is 1.75. The summed E-state index contributed by atoms with van der Waals surface area (Å²) in [5.74, 6) is 1.03. The van der Waals surface area contributed by atoms with Crippen molar-refractivity contribution in [2.75, 3.05) is 10.6 Å². The number of anilines is 2. The minimum absolute atomic E-state index is 0.350. The second-order valence-electron chi connectivity index (χ2n) is 5.39. The van der Waals surface area contributed by atoms with Crippen molar-refractivity contribution in [3.63, 3.8) is 0 Å². The van der Waals surface area contributed by atoms with Gasteiger partial charge in [-0.25, -0.2) is 4.98 Å². The van der Waals surface area contributed by atoms with Crippen molar-refractivity contribution in [3.05, 3.63) is 53.5 Å². The maximum atomic E-state index is 6.09. The third-order valence-electron chi connectivity index (χ3n) is 3.65. The van der Waals surface area contributed by atoms with Crippen LogP contribution in [0.25, 0.3) is 10.1 Å². The predicted molar refractivity (Wildman–Crippen MR) is 91.8 cm³/mol. The van der Waals surface area contributed by atoms with Gasteiger partial charge in [0, 0.05) is 34.6 Å². The molecule has 3 aromatic rings. The van der Waals surface area contributed by atoms with Crippen LogP contribution in [0.4, 0.5) is 11.5 Å². The molecule has 3 rings (SSSR count). The number of hydrogen-bond acceptors (Lipinski definition) is 4. The lowest BCUT2D eigenvalue weighted by atomic mass is 10.1. The van der Waals surface area contributed by atoms with Crippen LogP contribution in [0.3, 0.4) is 0 Å². The fourth-order valence-corrected chi connectivity index (χ4v) is 3.25. The molecule has 0 spiro atoms. The Morgan fingerprint density at radius 2 is 2.00 bits per heavy atom. The van der Waals surface area contributed by atoms with E-state index in [-0.39, 0.29) is 0 Å². The number of aromatic nitrogens is 1. The predicted octanol–water partition coefficient (Wildman–Crippen LogP) is 4.29. The van der Waals surface area contributed by atoms with Crippen LogP contribution in [-0.4, -0.2) is 11.0 Å². The Morgan fingerprint density at radius 3 is 2.76 bits per heavy atom. The minimum atomic E-state index is 0.350. The zero-order valence-electron chi connectivity index (χ0n) is 12.3. The van der Waals surface area contributed by atoms with E-state index in [1.165, 1.54) is 10.1 Å². The summed E-state index contributed by atoms with van der Waals surface area (Å²) in [6.07, 6.45) is 1.89. The first-order chi connectivity index (χ1) is 10.2. The third-order valence-corrected chi connectivity index (χ3v) is 4.53. The van der Waals surface area contributed by atoms with Gasteiger partial charge in [0.25, 0.3) is 0 Å². The van der Waals surface area contributed by atoms with Gasteiger partial charge in [-0.3, -0.25) is 0 Å². The van der Waals surface area contributed by atoms with Crippen molar-refractivity contribution in [2.45, 2.75) is 26.4 Å². The van der Waals surface area contributed by atoms with Gasteiger partial charge in [0.1, 0.15) is 5.82 Å². The summed E-state index contributed by atoms with van der Waals surface area (Å²) in [4.78, 5) is 6.92. The summed E-state index contributed by atoms with van der Waals surface area (Å²) in [7, 11) is 0. The zero-order valence-corrected chi connectivity index (χ0v) is 13.1. The molecule has 2 heterocycles. The molecule has 1 aromatic carbocycles. The molecule has 0 atom stereocenters. The fourth-order valence-electron chi connectivity index (χ4n) is 2.47. The number of pyridine rings is 1. The van der Waals surface area contributed by atoms with Gasteiger partial charge >= 0.3 is 0 Å². The third kappa shape index (κ3) is 2.72. The van der Waals surface area contributed by atoms with Gasteiger partial charge in [-0.05, 0) is 43.0 Å². The molecule has 3 nitrogen and oxygen atoms in total. The Bertz CT molecular complexity index is 748. The van der Waals surface area contributed by atoms with Crippen LogP contribution in [0.15, 0.2) is 48.0 Å². The first-order valence-electron chi connectivity index (χ1n) is 7.09. The van der Waals surface area contributed by atoms with Crippen LogP contribution >= 0.6 is 11.3 Å². The second kappa shape index (κ2) is 5.74. The Balaban J connectivity index is 2.03. The van der Waals surface area contributed by atoms with Crippen LogP contribution in [0, 0.1) is 0 Å².